The molecule has 1 aliphatic carbocycles. The molecule has 254 valence electrons. The number of allylic oxidation sites excluding steroid dienone is 4. The van der Waals surface area contributed by atoms with Crippen molar-refractivity contribution in [2.24, 2.45) is 0 Å². The average Bonchev–Trinajstić information content (AvgIpc) is 3.17. The second-order valence-electron chi connectivity index (χ2n) is 11.6. The van der Waals surface area contributed by atoms with E-state index in [4.69, 9.17) is 28.4 Å². The van der Waals surface area contributed by atoms with E-state index in [1.807, 2.05) is 0 Å². The molecule has 47 heavy (non-hydrogen) atoms. The largest absolute Gasteiger partial charge is 1.00 e. The first kappa shape index (κ1) is 42.8. The van der Waals surface area contributed by atoms with Crippen LogP contribution in [0.3, 0.4) is 0 Å². The van der Waals surface area contributed by atoms with Crippen LogP contribution in [0.25, 0.3) is 0 Å². The zero-order valence-electron chi connectivity index (χ0n) is 29.5. The minimum Gasteiger partial charge on any atom is -1.00 e. The van der Waals surface area contributed by atoms with E-state index in [0.717, 1.165) is 66.7 Å². The average molecular weight is 756 g/mol. The first-order valence-electron chi connectivity index (χ1n) is 14.6. The maximum Gasteiger partial charge on any atom is -1.00 e. The summed E-state index contributed by atoms with van der Waals surface area (Å²) in [6.07, 6.45) is 0. The molecule has 0 unspecified atom stereocenters. The smallest absolute Gasteiger partial charge is 1.00 e. The number of hydrogen-bond acceptors (Lipinski definition) is 6. The summed E-state index contributed by atoms with van der Waals surface area (Å²) in [6.45, 7) is 15.1. The Balaban J connectivity index is 0.00000368. The molecule has 0 saturated heterocycles. The predicted molar refractivity (Wildman–Crippen MR) is 177 cm³/mol. The maximum atomic E-state index is 6.35. The van der Waals surface area contributed by atoms with Gasteiger partial charge in [-0.25, -0.2) is 0 Å². The van der Waals surface area contributed by atoms with Gasteiger partial charge in [0.05, 0.1) is 0 Å². The third-order valence-electron chi connectivity index (χ3n) is 9.45. The molecular formula is C36H45Cl3O6SiTi. The van der Waals surface area contributed by atoms with E-state index >= 15 is 0 Å². The topological polar surface area (TPSA) is 55.4 Å². The number of ether oxygens (including phenoxy) is 6. The number of rotatable bonds is 10. The molecule has 0 amide bonds. The fourth-order valence-corrected chi connectivity index (χ4v) is 16.1. The second kappa shape index (κ2) is 16.4. The van der Waals surface area contributed by atoms with Crippen LogP contribution in [0.4, 0.5) is 0 Å². The van der Waals surface area contributed by atoms with Gasteiger partial charge in [-0.15, -0.1) is 0 Å². The van der Waals surface area contributed by atoms with Crippen LogP contribution in [0, 0.1) is 20.8 Å². The number of methoxy groups -OCH3 is 6. The van der Waals surface area contributed by atoms with Crippen LogP contribution >= 0.6 is 0 Å². The van der Waals surface area contributed by atoms with Gasteiger partial charge in [0.15, 0.2) is 0 Å². The van der Waals surface area contributed by atoms with Gasteiger partial charge in [-0.05, 0) is 0 Å². The molecule has 0 heterocycles. The number of halogens is 3. The van der Waals surface area contributed by atoms with E-state index in [1.165, 1.54) is 22.3 Å². The Morgan fingerprint density at radius 3 is 0.787 bits per heavy atom. The van der Waals surface area contributed by atoms with Crippen molar-refractivity contribution in [3.8, 4) is 34.5 Å². The summed E-state index contributed by atoms with van der Waals surface area (Å²) in [5.41, 5.74) is 8.14. The van der Waals surface area contributed by atoms with Crippen LogP contribution in [0.2, 0.25) is 3.34 Å². The Bertz CT molecular complexity index is 1440. The van der Waals surface area contributed by atoms with Crippen molar-refractivity contribution in [2.75, 3.05) is 42.7 Å². The van der Waals surface area contributed by atoms with Gasteiger partial charge in [0.1, 0.15) is 0 Å². The Labute approximate surface area is 312 Å². The van der Waals surface area contributed by atoms with Gasteiger partial charge in [0.2, 0.25) is 0 Å². The molecule has 6 nitrogen and oxygen atoms in total. The monoisotopic (exact) mass is 754 g/mol. The van der Waals surface area contributed by atoms with Crippen molar-refractivity contribution < 1.29 is 86.1 Å². The number of benzene rings is 3. The first-order valence-corrected chi connectivity index (χ1v) is 17.4. The van der Waals surface area contributed by atoms with Gasteiger partial charge in [-0.3, -0.25) is 0 Å². The molecule has 0 atom stereocenters. The van der Waals surface area contributed by atoms with Gasteiger partial charge >= 0.3 is 277 Å². The van der Waals surface area contributed by atoms with Crippen LogP contribution < -0.4 is 81.2 Å². The van der Waals surface area contributed by atoms with Gasteiger partial charge in [0.25, 0.3) is 0 Å². The third-order valence-corrected chi connectivity index (χ3v) is 18.0. The molecule has 0 fully saturated rings. The SMILES string of the molecule is COc1cc(C)cc(OC)c1[Si](c1c(OC)cc(C)cc1OC)(c1c(OC)cc(C)cc1OC)[C]1([Ti+3])C(C)=C(C)C(C)=C1C.[Cl-].[Cl-].[Cl-]. The zero-order valence-corrected chi connectivity index (χ0v) is 34.4. The van der Waals surface area contributed by atoms with Gasteiger partial charge in [-0.2, -0.15) is 0 Å². The van der Waals surface area contributed by atoms with Crippen LogP contribution in [0.1, 0.15) is 44.4 Å². The van der Waals surface area contributed by atoms with Crippen molar-refractivity contribution in [2.45, 2.75) is 51.8 Å². The second-order valence-corrected chi connectivity index (χ2v) is 17.3. The standard InChI is InChI=1S/C36H45O6Si.3ClH.Ti/c1-20-14-27(37-8)34(28(15-20)38-9)43(33-25(6)23(4)24(5)26(33)7,35-29(39-10)16-21(2)17-30(35)40-11)36-31(41-12)18-22(3)19-32(36)42-13;;;;/h14-19H,1-13H3;3*1H;/q;;;;+3/p-3. The zero-order chi connectivity index (χ0) is 32.7. The Hall–Kier alpha value is -2.26. The van der Waals surface area contributed by atoms with Crippen LogP contribution in [-0.4, -0.2) is 50.7 Å². The molecule has 0 saturated carbocycles. The van der Waals surface area contributed by atoms with Crippen LogP contribution in [-0.2, 0) is 20.4 Å². The van der Waals surface area contributed by atoms with E-state index in [9.17, 15) is 0 Å². The van der Waals surface area contributed by atoms with Crippen molar-refractivity contribution in [1.29, 1.82) is 0 Å². The third kappa shape index (κ3) is 6.45. The summed E-state index contributed by atoms with van der Waals surface area (Å²) < 4.78 is 37.5. The number of aryl methyl sites for hydroxylation is 3. The molecule has 0 radical (unpaired) electrons. The molecule has 11 heteroatoms. The van der Waals surface area contributed by atoms with Crippen molar-refractivity contribution in [3.63, 3.8) is 0 Å². The molecule has 1 aliphatic rings. The Kier molecular flexibility index (Phi) is 14.9. The van der Waals surface area contributed by atoms with Gasteiger partial charge < -0.3 is 37.2 Å². The van der Waals surface area contributed by atoms with E-state index in [0.29, 0.717) is 0 Å². The summed E-state index contributed by atoms with van der Waals surface area (Å²) in [5.74, 6) is 4.37. The quantitative estimate of drug-likeness (QED) is 0.164. The van der Waals surface area contributed by atoms with E-state index in [-0.39, 0.29) is 37.2 Å². The van der Waals surface area contributed by atoms with E-state index in [2.05, 4.69) is 105 Å². The molecule has 3 aromatic rings. The molecule has 3 aromatic carbocycles. The van der Waals surface area contributed by atoms with Gasteiger partial charge in [-0.1, -0.05) is 0 Å². The minimum atomic E-state index is -3.65. The van der Waals surface area contributed by atoms with Crippen molar-refractivity contribution in [3.05, 3.63) is 75.4 Å². The van der Waals surface area contributed by atoms with Gasteiger partial charge in [0, 0.05) is 0 Å². The van der Waals surface area contributed by atoms with E-state index in [1.54, 1.807) is 42.7 Å². The Morgan fingerprint density at radius 2 is 0.617 bits per heavy atom. The molecule has 0 spiro atoms. The summed E-state index contributed by atoms with van der Waals surface area (Å²) in [6, 6.07) is 12.6. The van der Waals surface area contributed by atoms with Crippen molar-refractivity contribution >= 4 is 23.6 Å². The number of hydrogen-bond donors (Lipinski definition) is 0. The summed E-state index contributed by atoms with van der Waals surface area (Å²) >= 11 is 2.36. The maximum absolute atomic E-state index is 6.35. The fourth-order valence-electron chi connectivity index (χ4n) is 7.14. The molecular weight excluding hydrogens is 711 g/mol. The molecule has 4 rings (SSSR count). The van der Waals surface area contributed by atoms with Crippen LogP contribution in [0.5, 0.6) is 34.5 Å². The van der Waals surface area contributed by atoms with Crippen LogP contribution in [0.15, 0.2) is 58.7 Å². The normalized spacial score (nSPS) is 13.7. The Morgan fingerprint density at radius 1 is 0.426 bits per heavy atom. The fraction of sp³-hybridized carbons (Fsp3) is 0.389. The first-order chi connectivity index (χ1) is 20.8. The summed E-state index contributed by atoms with van der Waals surface area (Å²) in [5, 5.41) is 2.87. The van der Waals surface area contributed by atoms with E-state index < -0.39 is 11.4 Å². The summed E-state index contributed by atoms with van der Waals surface area (Å²) in [4.78, 5) is 0. The minimum absolute atomic E-state index is 0. The molecule has 0 bridgehead atoms. The molecule has 0 aromatic heterocycles. The predicted octanol–water partition coefficient (Wildman–Crippen LogP) is -2.92. The molecule has 0 aliphatic heterocycles. The molecule has 0 N–H and O–H groups in total. The summed E-state index contributed by atoms with van der Waals surface area (Å²) in [7, 11) is 6.70. The van der Waals surface area contributed by atoms with Crippen molar-refractivity contribution in [1.82, 2.24) is 0 Å².